The molecule has 1 atom stereocenters. The smallest absolute Gasteiger partial charge is 0.129 e. The van der Waals surface area contributed by atoms with Gasteiger partial charge >= 0.3 is 0 Å². The third-order valence-corrected chi connectivity index (χ3v) is 3.56. The highest BCUT2D eigenvalue weighted by molar-refractivity contribution is 5.07. The van der Waals surface area contributed by atoms with Gasteiger partial charge in [0.2, 0.25) is 0 Å². The van der Waals surface area contributed by atoms with Gasteiger partial charge in [0, 0.05) is 19.8 Å². The predicted molar refractivity (Wildman–Crippen MR) is 69.2 cm³/mol. The van der Waals surface area contributed by atoms with Gasteiger partial charge in [-0.3, -0.25) is 4.90 Å². The molecule has 0 saturated carbocycles. The van der Waals surface area contributed by atoms with Crippen molar-refractivity contribution in [2.75, 3.05) is 20.3 Å². The molecule has 0 aromatic carbocycles. The molecular formula is C14H23NO3. The molecule has 0 bridgehead atoms. The summed E-state index contributed by atoms with van der Waals surface area (Å²) < 4.78 is 10.8. The number of aliphatic hydroxyl groups is 1. The second-order valence-corrected chi connectivity index (χ2v) is 4.93. The minimum absolute atomic E-state index is 0.295. The highest BCUT2D eigenvalue weighted by atomic mass is 16.5. The maximum atomic E-state index is 8.91. The zero-order valence-electron chi connectivity index (χ0n) is 11.1. The van der Waals surface area contributed by atoms with Gasteiger partial charge in [-0.25, -0.2) is 0 Å². The fourth-order valence-corrected chi connectivity index (χ4v) is 2.68. The Labute approximate surface area is 109 Å². The molecule has 1 N–H and O–H groups in total. The number of hydrogen-bond donors (Lipinski definition) is 1. The van der Waals surface area contributed by atoms with Crippen LogP contribution in [0.15, 0.2) is 16.5 Å². The molecule has 1 aliphatic heterocycles. The van der Waals surface area contributed by atoms with Crippen molar-refractivity contribution < 1.29 is 14.3 Å². The van der Waals surface area contributed by atoms with Gasteiger partial charge in [-0.2, -0.15) is 0 Å². The molecule has 2 heterocycles. The standard InChI is InChI=1S/C14H23NO3/c1-17-11-14-7-6-13(18-14)10-15-8-2-4-12(15)5-3-9-16/h6-7,12,16H,2-5,8-11H2,1H3. The van der Waals surface area contributed by atoms with Crippen LogP contribution in [-0.4, -0.2) is 36.3 Å². The SMILES string of the molecule is COCc1ccc(CN2CCCC2CCCO)o1. The Kier molecular flexibility index (Phi) is 5.23. The van der Waals surface area contributed by atoms with E-state index >= 15 is 0 Å². The third-order valence-electron chi connectivity index (χ3n) is 3.56. The molecular weight excluding hydrogens is 230 g/mol. The first kappa shape index (κ1) is 13.6. The molecule has 0 amide bonds. The van der Waals surface area contributed by atoms with E-state index in [-0.39, 0.29) is 0 Å². The Bertz CT molecular complexity index is 351. The lowest BCUT2D eigenvalue weighted by molar-refractivity contribution is 0.156. The van der Waals surface area contributed by atoms with Crippen LogP contribution in [0.25, 0.3) is 0 Å². The average molecular weight is 253 g/mol. The van der Waals surface area contributed by atoms with E-state index in [1.54, 1.807) is 7.11 Å². The molecule has 1 aliphatic rings. The summed E-state index contributed by atoms with van der Waals surface area (Å²) in [5, 5.41) is 8.91. The van der Waals surface area contributed by atoms with Crippen molar-refractivity contribution in [3.8, 4) is 0 Å². The Balaban J connectivity index is 1.86. The topological polar surface area (TPSA) is 45.8 Å². The maximum absolute atomic E-state index is 8.91. The average Bonchev–Trinajstić information content (AvgIpc) is 2.98. The van der Waals surface area contributed by atoms with E-state index in [4.69, 9.17) is 14.3 Å². The Morgan fingerprint density at radius 3 is 3.06 bits per heavy atom. The summed E-state index contributed by atoms with van der Waals surface area (Å²) in [7, 11) is 1.67. The van der Waals surface area contributed by atoms with Crippen LogP contribution in [0.3, 0.4) is 0 Å². The number of furan rings is 1. The molecule has 2 rings (SSSR count). The summed E-state index contributed by atoms with van der Waals surface area (Å²) in [6.07, 6.45) is 4.48. The fourth-order valence-electron chi connectivity index (χ4n) is 2.68. The zero-order valence-corrected chi connectivity index (χ0v) is 11.1. The number of nitrogens with zero attached hydrogens (tertiary/aromatic N) is 1. The summed E-state index contributed by atoms with van der Waals surface area (Å²) in [5.41, 5.74) is 0. The zero-order chi connectivity index (χ0) is 12.8. The van der Waals surface area contributed by atoms with Crippen LogP contribution in [0.5, 0.6) is 0 Å². The Morgan fingerprint density at radius 1 is 1.44 bits per heavy atom. The molecule has 1 aromatic heterocycles. The van der Waals surface area contributed by atoms with Crippen molar-refractivity contribution >= 4 is 0 Å². The van der Waals surface area contributed by atoms with Crippen molar-refractivity contribution in [2.24, 2.45) is 0 Å². The van der Waals surface area contributed by atoms with Crippen molar-refractivity contribution in [1.29, 1.82) is 0 Å². The second kappa shape index (κ2) is 6.92. The highest BCUT2D eigenvalue weighted by Crippen LogP contribution is 2.24. The van der Waals surface area contributed by atoms with Crippen LogP contribution in [0.4, 0.5) is 0 Å². The van der Waals surface area contributed by atoms with Crippen LogP contribution in [0, 0.1) is 0 Å². The third kappa shape index (κ3) is 3.57. The number of likely N-dealkylation sites (tertiary alicyclic amines) is 1. The molecule has 1 aromatic rings. The van der Waals surface area contributed by atoms with E-state index in [1.165, 1.54) is 12.8 Å². The molecule has 1 fully saturated rings. The van der Waals surface area contributed by atoms with E-state index in [1.807, 2.05) is 12.1 Å². The first-order valence-electron chi connectivity index (χ1n) is 6.75. The van der Waals surface area contributed by atoms with Gasteiger partial charge in [0.1, 0.15) is 18.1 Å². The molecule has 4 heteroatoms. The highest BCUT2D eigenvalue weighted by Gasteiger charge is 2.24. The number of methoxy groups -OCH3 is 1. The van der Waals surface area contributed by atoms with E-state index in [2.05, 4.69) is 4.90 Å². The van der Waals surface area contributed by atoms with E-state index in [0.29, 0.717) is 19.3 Å². The molecule has 1 unspecified atom stereocenters. The summed E-state index contributed by atoms with van der Waals surface area (Å²) in [4.78, 5) is 2.46. The van der Waals surface area contributed by atoms with Gasteiger partial charge in [-0.1, -0.05) is 0 Å². The summed E-state index contributed by atoms with van der Waals surface area (Å²) >= 11 is 0. The Hall–Kier alpha value is -0.840. The molecule has 102 valence electrons. The molecule has 18 heavy (non-hydrogen) atoms. The monoisotopic (exact) mass is 253 g/mol. The van der Waals surface area contributed by atoms with Crippen LogP contribution in [-0.2, 0) is 17.9 Å². The lowest BCUT2D eigenvalue weighted by Gasteiger charge is -2.23. The number of rotatable bonds is 7. The normalized spacial score (nSPS) is 20.7. The second-order valence-electron chi connectivity index (χ2n) is 4.93. The molecule has 4 nitrogen and oxygen atoms in total. The van der Waals surface area contributed by atoms with E-state index in [9.17, 15) is 0 Å². The van der Waals surface area contributed by atoms with E-state index < -0.39 is 0 Å². The first-order valence-corrected chi connectivity index (χ1v) is 6.75. The largest absolute Gasteiger partial charge is 0.462 e. The van der Waals surface area contributed by atoms with Crippen LogP contribution >= 0.6 is 0 Å². The lowest BCUT2D eigenvalue weighted by atomic mass is 10.1. The van der Waals surface area contributed by atoms with Crippen LogP contribution in [0.2, 0.25) is 0 Å². The number of hydrogen-bond acceptors (Lipinski definition) is 4. The molecule has 0 radical (unpaired) electrons. The van der Waals surface area contributed by atoms with E-state index in [0.717, 1.165) is 37.5 Å². The first-order chi connectivity index (χ1) is 8.83. The maximum Gasteiger partial charge on any atom is 0.129 e. The Morgan fingerprint density at radius 2 is 2.28 bits per heavy atom. The summed E-state index contributed by atoms with van der Waals surface area (Å²) in [6.45, 7) is 2.84. The van der Waals surface area contributed by atoms with Crippen molar-refractivity contribution in [1.82, 2.24) is 4.90 Å². The summed E-state index contributed by atoms with van der Waals surface area (Å²) in [6, 6.07) is 4.63. The fraction of sp³-hybridized carbons (Fsp3) is 0.714. The summed E-state index contributed by atoms with van der Waals surface area (Å²) in [5.74, 6) is 1.90. The molecule has 0 aliphatic carbocycles. The van der Waals surface area contributed by atoms with Gasteiger partial charge in [-0.05, 0) is 44.4 Å². The van der Waals surface area contributed by atoms with Crippen LogP contribution in [0.1, 0.15) is 37.2 Å². The van der Waals surface area contributed by atoms with Gasteiger partial charge in [0.05, 0.1) is 6.54 Å². The lowest BCUT2D eigenvalue weighted by Crippen LogP contribution is -2.28. The minimum Gasteiger partial charge on any atom is -0.462 e. The quantitative estimate of drug-likeness (QED) is 0.809. The van der Waals surface area contributed by atoms with Gasteiger partial charge in [0.15, 0.2) is 0 Å². The van der Waals surface area contributed by atoms with Gasteiger partial charge in [-0.15, -0.1) is 0 Å². The molecule has 0 spiro atoms. The predicted octanol–water partition coefficient (Wildman–Crippen LogP) is 2.16. The van der Waals surface area contributed by atoms with Crippen molar-refractivity contribution in [2.45, 2.75) is 44.9 Å². The van der Waals surface area contributed by atoms with Crippen molar-refractivity contribution in [3.63, 3.8) is 0 Å². The number of ether oxygens (including phenoxy) is 1. The van der Waals surface area contributed by atoms with Crippen LogP contribution < -0.4 is 0 Å². The van der Waals surface area contributed by atoms with Crippen molar-refractivity contribution in [3.05, 3.63) is 23.7 Å². The van der Waals surface area contributed by atoms with Gasteiger partial charge in [0.25, 0.3) is 0 Å². The minimum atomic E-state index is 0.295. The molecule has 1 saturated heterocycles. The number of aliphatic hydroxyl groups excluding tert-OH is 1. The van der Waals surface area contributed by atoms with Gasteiger partial charge < -0.3 is 14.3 Å².